The third kappa shape index (κ3) is 5.09. The first kappa shape index (κ1) is 26.1. The van der Waals surface area contributed by atoms with Gasteiger partial charge in [0.05, 0.1) is 30.0 Å². The molecular formula is C28H32F2N8O2. The van der Waals surface area contributed by atoms with Crippen LogP contribution in [0.3, 0.4) is 0 Å². The Labute approximate surface area is 230 Å². The lowest BCUT2D eigenvalue weighted by Gasteiger charge is -2.33. The molecule has 5 heterocycles. The van der Waals surface area contributed by atoms with Crippen LogP contribution in [0, 0.1) is 11.6 Å². The van der Waals surface area contributed by atoms with Gasteiger partial charge < -0.3 is 14.5 Å². The van der Waals surface area contributed by atoms with Crippen LogP contribution in [0.4, 0.5) is 19.4 Å². The van der Waals surface area contributed by atoms with E-state index in [1.165, 1.54) is 12.1 Å². The zero-order valence-electron chi connectivity index (χ0n) is 22.8. The molecule has 0 saturated carbocycles. The third-order valence-electron chi connectivity index (χ3n) is 7.43. The first-order chi connectivity index (χ1) is 19.2. The number of piperidine rings is 1. The van der Waals surface area contributed by atoms with Crippen molar-refractivity contribution in [1.29, 1.82) is 0 Å². The van der Waals surface area contributed by atoms with Crippen LogP contribution < -0.4 is 4.90 Å². The Morgan fingerprint density at radius 2 is 1.93 bits per heavy atom. The fourth-order valence-electron chi connectivity index (χ4n) is 5.58. The highest BCUT2D eigenvalue weighted by atomic mass is 19.1. The Kier molecular flexibility index (Phi) is 6.63. The molecule has 0 N–H and O–H groups in total. The largest absolute Gasteiger partial charge is 0.444 e. The Morgan fingerprint density at radius 1 is 1.10 bits per heavy atom. The summed E-state index contributed by atoms with van der Waals surface area (Å²) in [6.07, 6.45) is 8.29. The number of hydrogen-bond acceptors (Lipinski definition) is 7. The molecule has 1 amide bonds. The van der Waals surface area contributed by atoms with E-state index in [9.17, 15) is 13.6 Å². The molecule has 2 aliphatic heterocycles. The molecule has 6 rings (SSSR count). The zero-order chi connectivity index (χ0) is 28.0. The minimum atomic E-state index is -0.555. The van der Waals surface area contributed by atoms with E-state index in [4.69, 9.17) is 9.72 Å². The number of nitrogens with zero attached hydrogens (tertiary/aromatic N) is 8. The molecule has 3 aromatic heterocycles. The van der Waals surface area contributed by atoms with E-state index in [1.807, 2.05) is 44.1 Å². The topological polar surface area (TPSA) is 93.7 Å². The van der Waals surface area contributed by atoms with Crippen LogP contribution in [0.15, 0.2) is 42.9 Å². The zero-order valence-corrected chi connectivity index (χ0v) is 22.8. The highest BCUT2D eigenvalue weighted by Gasteiger charge is 2.31. The number of fused-ring (bicyclic) bond motifs is 1. The van der Waals surface area contributed by atoms with Gasteiger partial charge in [-0.2, -0.15) is 5.10 Å². The standard InChI is InChI=1S/C28H32F2N8O2/c1-28(2,3)40-27(39)35-11-4-6-19(16-35)38-17-23(33-34-38)21-15-31-37-13-10-25(32-26(21)37)36-12-5-7-24(36)20-14-18(29)8-9-22(20)30/h8-10,13-15,17,19,24H,4-7,11-12,16H2,1-3H3. The number of carbonyl (C=O) groups is 1. The van der Waals surface area contributed by atoms with E-state index in [2.05, 4.69) is 15.4 Å². The highest BCUT2D eigenvalue weighted by Crippen LogP contribution is 2.37. The Hall–Kier alpha value is -4.09. The van der Waals surface area contributed by atoms with Crippen molar-refractivity contribution >= 4 is 17.6 Å². The number of ether oxygens (including phenoxy) is 1. The van der Waals surface area contributed by atoms with Gasteiger partial charge in [-0.25, -0.2) is 27.8 Å². The number of anilines is 1. The second-order valence-corrected chi connectivity index (χ2v) is 11.4. The molecule has 2 aliphatic rings. The van der Waals surface area contributed by atoms with Gasteiger partial charge in [0, 0.05) is 31.4 Å². The van der Waals surface area contributed by atoms with Gasteiger partial charge in [-0.05, 0) is 70.7 Å². The van der Waals surface area contributed by atoms with Crippen LogP contribution in [0.2, 0.25) is 0 Å². The van der Waals surface area contributed by atoms with Crippen molar-refractivity contribution < 1.29 is 18.3 Å². The Bertz CT molecular complexity index is 1540. The van der Waals surface area contributed by atoms with Crippen LogP contribution in [0.1, 0.15) is 64.1 Å². The number of halogens is 2. The molecule has 40 heavy (non-hydrogen) atoms. The summed E-state index contributed by atoms with van der Waals surface area (Å²) in [7, 11) is 0. The number of carbonyl (C=O) groups excluding carboxylic acids is 1. The van der Waals surface area contributed by atoms with E-state index in [-0.39, 0.29) is 18.2 Å². The molecule has 10 nitrogen and oxygen atoms in total. The molecule has 0 bridgehead atoms. The van der Waals surface area contributed by atoms with Gasteiger partial charge >= 0.3 is 6.09 Å². The summed E-state index contributed by atoms with van der Waals surface area (Å²) in [5.41, 5.74) is 1.70. The molecule has 0 radical (unpaired) electrons. The molecule has 2 fully saturated rings. The van der Waals surface area contributed by atoms with Gasteiger partial charge in [-0.3, -0.25) is 0 Å². The SMILES string of the molecule is CC(C)(C)OC(=O)N1CCCC(n2cc(-c3cnn4ccc(N5CCCC5c5cc(F)ccc5F)nc34)nn2)C1. The number of hydrogen-bond donors (Lipinski definition) is 0. The predicted molar refractivity (Wildman–Crippen MR) is 144 cm³/mol. The third-order valence-corrected chi connectivity index (χ3v) is 7.43. The molecular weight excluding hydrogens is 518 g/mol. The highest BCUT2D eigenvalue weighted by molar-refractivity contribution is 5.75. The maximum atomic E-state index is 14.6. The summed E-state index contributed by atoms with van der Waals surface area (Å²) < 4.78 is 37.6. The summed E-state index contributed by atoms with van der Waals surface area (Å²) in [4.78, 5) is 21.2. The molecule has 1 aromatic carbocycles. The maximum absolute atomic E-state index is 14.6. The average molecular weight is 551 g/mol. The minimum absolute atomic E-state index is 0.0283. The summed E-state index contributed by atoms with van der Waals surface area (Å²) >= 11 is 0. The van der Waals surface area contributed by atoms with E-state index in [1.54, 1.807) is 20.3 Å². The van der Waals surface area contributed by atoms with Crippen molar-refractivity contribution in [3.8, 4) is 11.3 Å². The second-order valence-electron chi connectivity index (χ2n) is 11.4. The predicted octanol–water partition coefficient (Wildman–Crippen LogP) is 5.18. The van der Waals surface area contributed by atoms with Crippen LogP contribution in [0.5, 0.6) is 0 Å². The Morgan fingerprint density at radius 3 is 2.75 bits per heavy atom. The van der Waals surface area contributed by atoms with Crippen molar-refractivity contribution in [3.05, 3.63) is 60.1 Å². The average Bonchev–Trinajstić information content (AvgIpc) is 3.68. The second kappa shape index (κ2) is 10.1. The fourth-order valence-corrected chi connectivity index (χ4v) is 5.58. The summed E-state index contributed by atoms with van der Waals surface area (Å²) in [5, 5.41) is 13.2. The lowest BCUT2D eigenvalue weighted by molar-refractivity contribution is 0.0166. The van der Waals surface area contributed by atoms with Crippen LogP contribution >= 0.6 is 0 Å². The summed E-state index contributed by atoms with van der Waals surface area (Å²) in [6.45, 7) is 7.38. The van der Waals surface area contributed by atoms with E-state index in [0.29, 0.717) is 54.3 Å². The molecule has 2 unspecified atom stereocenters. The summed E-state index contributed by atoms with van der Waals surface area (Å²) in [6, 6.07) is 5.08. The minimum Gasteiger partial charge on any atom is -0.444 e. The first-order valence-corrected chi connectivity index (χ1v) is 13.6. The van der Waals surface area contributed by atoms with Gasteiger partial charge in [0.15, 0.2) is 5.65 Å². The molecule has 2 saturated heterocycles. The molecule has 2 atom stereocenters. The van der Waals surface area contributed by atoms with Crippen molar-refractivity contribution in [3.63, 3.8) is 0 Å². The number of rotatable bonds is 4. The van der Waals surface area contributed by atoms with Crippen LogP contribution in [0.25, 0.3) is 16.9 Å². The maximum Gasteiger partial charge on any atom is 0.410 e. The van der Waals surface area contributed by atoms with Crippen molar-refractivity contribution in [1.82, 2.24) is 34.5 Å². The van der Waals surface area contributed by atoms with E-state index in [0.717, 1.165) is 25.3 Å². The normalized spacial score (nSPS) is 19.9. The number of likely N-dealkylation sites (tertiary alicyclic amines) is 1. The summed E-state index contributed by atoms with van der Waals surface area (Å²) in [5.74, 6) is -0.220. The van der Waals surface area contributed by atoms with Gasteiger partial charge in [-0.1, -0.05) is 5.21 Å². The molecule has 4 aromatic rings. The quantitative estimate of drug-likeness (QED) is 0.346. The van der Waals surface area contributed by atoms with E-state index >= 15 is 0 Å². The van der Waals surface area contributed by atoms with E-state index < -0.39 is 17.2 Å². The molecule has 12 heteroatoms. The van der Waals surface area contributed by atoms with Crippen molar-refractivity contribution in [2.45, 2.75) is 64.1 Å². The van der Waals surface area contributed by atoms with Gasteiger partial charge in [0.2, 0.25) is 0 Å². The van der Waals surface area contributed by atoms with Crippen molar-refractivity contribution in [2.24, 2.45) is 0 Å². The smallest absolute Gasteiger partial charge is 0.410 e. The van der Waals surface area contributed by atoms with Gasteiger partial charge in [0.1, 0.15) is 28.7 Å². The van der Waals surface area contributed by atoms with Crippen molar-refractivity contribution in [2.75, 3.05) is 24.5 Å². The Balaban J connectivity index is 1.25. The fraction of sp³-hybridized carbons (Fsp3) is 0.464. The van der Waals surface area contributed by atoms with Gasteiger partial charge in [0.25, 0.3) is 0 Å². The first-order valence-electron chi connectivity index (χ1n) is 13.6. The number of aromatic nitrogens is 6. The number of amides is 1. The molecule has 210 valence electrons. The number of benzene rings is 1. The lowest BCUT2D eigenvalue weighted by atomic mass is 10.0. The molecule has 0 spiro atoms. The van der Waals surface area contributed by atoms with Gasteiger partial charge in [-0.15, -0.1) is 5.10 Å². The molecule has 0 aliphatic carbocycles. The lowest BCUT2D eigenvalue weighted by Crippen LogP contribution is -2.43. The monoisotopic (exact) mass is 550 g/mol. The van der Waals surface area contributed by atoms with Crippen LogP contribution in [-0.2, 0) is 4.74 Å². The van der Waals surface area contributed by atoms with Crippen LogP contribution in [-0.4, -0.2) is 65.8 Å².